The van der Waals surface area contributed by atoms with Crippen LogP contribution in [0.2, 0.25) is 0 Å². The van der Waals surface area contributed by atoms with Crippen LogP contribution in [0, 0.1) is 5.82 Å². The fourth-order valence-corrected chi connectivity index (χ4v) is 3.60. The molecule has 0 saturated heterocycles. The summed E-state index contributed by atoms with van der Waals surface area (Å²) in [5, 5.41) is 9.27. The summed E-state index contributed by atoms with van der Waals surface area (Å²) in [6.07, 6.45) is 3.44. The van der Waals surface area contributed by atoms with Crippen molar-refractivity contribution in [2.75, 3.05) is 7.11 Å². The first-order valence-corrected chi connectivity index (χ1v) is 9.66. The number of ether oxygens (including phenoxy) is 2. The molecule has 0 amide bonds. The van der Waals surface area contributed by atoms with Gasteiger partial charge in [0, 0.05) is 12.3 Å². The molecule has 0 unspecified atom stereocenters. The Morgan fingerprint density at radius 1 is 1.06 bits per heavy atom. The first-order valence-electron chi connectivity index (χ1n) is 9.66. The highest BCUT2D eigenvalue weighted by Gasteiger charge is 2.25. The van der Waals surface area contributed by atoms with Crippen LogP contribution in [0.25, 0.3) is 17.2 Å². The van der Waals surface area contributed by atoms with Crippen LogP contribution in [0.5, 0.6) is 17.4 Å². The third-order valence-electron chi connectivity index (χ3n) is 5.13. The van der Waals surface area contributed by atoms with Gasteiger partial charge < -0.3 is 14.6 Å². The Morgan fingerprint density at radius 2 is 1.81 bits per heavy atom. The zero-order chi connectivity index (χ0) is 22.0. The van der Waals surface area contributed by atoms with Gasteiger partial charge in [-0.2, -0.15) is 0 Å². The summed E-state index contributed by atoms with van der Waals surface area (Å²) in [5.41, 5.74) is 4.56. The molecule has 0 fully saturated rings. The zero-order valence-electron chi connectivity index (χ0n) is 17.1. The van der Waals surface area contributed by atoms with E-state index in [-0.39, 0.29) is 6.42 Å². The lowest BCUT2D eigenvalue weighted by atomic mass is 10.0. The van der Waals surface area contributed by atoms with Crippen LogP contribution in [0.1, 0.15) is 30.0 Å². The predicted octanol–water partition coefficient (Wildman–Crippen LogP) is 5.82. The summed E-state index contributed by atoms with van der Waals surface area (Å²) in [5.74, 6) is 0.484. The smallest absolute Gasteiger partial charge is 0.307 e. The molecule has 6 heteroatoms. The third-order valence-corrected chi connectivity index (χ3v) is 5.13. The fourth-order valence-electron chi connectivity index (χ4n) is 3.60. The maximum atomic E-state index is 13.8. The van der Waals surface area contributed by atoms with Crippen molar-refractivity contribution in [2.24, 2.45) is 0 Å². The quantitative estimate of drug-likeness (QED) is 0.547. The van der Waals surface area contributed by atoms with Gasteiger partial charge in [-0.05, 0) is 88.9 Å². The molecule has 2 aromatic carbocycles. The van der Waals surface area contributed by atoms with Crippen molar-refractivity contribution in [2.45, 2.75) is 13.3 Å². The number of carbonyl (C=O) groups is 1. The molecule has 0 saturated carbocycles. The summed E-state index contributed by atoms with van der Waals surface area (Å²) in [4.78, 5) is 15.7. The van der Waals surface area contributed by atoms with E-state index in [1.54, 1.807) is 49.7 Å². The molecule has 0 spiro atoms. The molecule has 1 aliphatic carbocycles. The number of hydrogen-bond acceptors (Lipinski definition) is 4. The van der Waals surface area contributed by atoms with E-state index < -0.39 is 11.8 Å². The number of rotatable bonds is 6. The lowest BCUT2D eigenvalue weighted by Gasteiger charge is -2.07. The molecule has 0 radical (unpaired) electrons. The number of hydrogen-bond donors (Lipinski definition) is 1. The first-order chi connectivity index (χ1) is 14.9. The van der Waals surface area contributed by atoms with Gasteiger partial charge in [0.15, 0.2) is 0 Å². The van der Waals surface area contributed by atoms with Crippen LogP contribution < -0.4 is 9.47 Å². The largest absolute Gasteiger partial charge is 0.497 e. The Balaban J connectivity index is 1.61. The van der Waals surface area contributed by atoms with Crippen molar-refractivity contribution in [3.8, 4) is 17.4 Å². The number of halogens is 1. The number of pyridine rings is 1. The molecular formula is C25H20FNO4. The van der Waals surface area contributed by atoms with Gasteiger partial charge in [0.2, 0.25) is 5.88 Å². The highest BCUT2D eigenvalue weighted by Crippen LogP contribution is 2.43. The molecule has 1 heterocycles. The van der Waals surface area contributed by atoms with Crippen molar-refractivity contribution in [3.05, 3.63) is 88.9 Å². The molecule has 3 aromatic rings. The molecule has 1 N–H and O–H groups in total. The molecule has 0 atom stereocenters. The van der Waals surface area contributed by atoms with Gasteiger partial charge in [0.05, 0.1) is 13.5 Å². The number of fused-ring (bicyclic) bond motifs is 1. The minimum atomic E-state index is -0.951. The van der Waals surface area contributed by atoms with E-state index in [1.807, 2.05) is 19.1 Å². The highest BCUT2D eigenvalue weighted by atomic mass is 19.1. The van der Waals surface area contributed by atoms with Gasteiger partial charge in [-0.1, -0.05) is 6.07 Å². The average molecular weight is 417 g/mol. The molecule has 0 bridgehead atoms. The van der Waals surface area contributed by atoms with E-state index in [0.717, 1.165) is 28.0 Å². The number of carboxylic acids is 1. The Morgan fingerprint density at radius 3 is 2.45 bits per heavy atom. The van der Waals surface area contributed by atoms with Crippen LogP contribution in [-0.2, 0) is 4.79 Å². The molecule has 1 aliphatic rings. The molecular weight excluding hydrogens is 397 g/mol. The molecule has 156 valence electrons. The maximum Gasteiger partial charge on any atom is 0.307 e. The number of aliphatic carboxylic acids is 1. The number of carboxylic acid groups (broad SMARTS) is 1. The van der Waals surface area contributed by atoms with E-state index >= 15 is 0 Å². The van der Waals surface area contributed by atoms with Gasteiger partial charge in [0.25, 0.3) is 0 Å². The Kier molecular flexibility index (Phi) is 5.54. The van der Waals surface area contributed by atoms with E-state index in [2.05, 4.69) is 4.98 Å². The first kappa shape index (κ1) is 20.3. The van der Waals surface area contributed by atoms with Crippen molar-refractivity contribution >= 4 is 23.2 Å². The van der Waals surface area contributed by atoms with Crippen molar-refractivity contribution in [1.82, 2.24) is 4.98 Å². The van der Waals surface area contributed by atoms with Crippen molar-refractivity contribution < 1.29 is 23.8 Å². The average Bonchev–Trinajstić information content (AvgIpc) is 3.00. The zero-order valence-corrected chi connectivity index (χ0v) is 17.1. The van der Waals surface area contributed by atoms with Gasteiger partial charge in [-0.15, -0.1) is 0 Å². The highest BCUT2D eigenvalue weighted by molar-refractivity contribution is 6.07. The van der Waals surface area contributed by atoms with E-state index in [1.165, 1.54) is 12.1 Å². The molecule has 5 nitrogen and oxygen atoms in total. The van der Waals surface area contributed by atoms with E-state index in [0.29, 0.717) is 22.8 Å². The van der Waals surface area contributed by atoms with Gasteiger partial charge in [0.1, 0.15) is 17.3 Å². The summed E-state index contributed by atoms with van der Waals surface area (Å²) in [6, 6.07) is 15.3. The van der Waals surface area contributed by atoms with E-state index in [9.17, 15) is 14.3 Å². The second-order valence-corrected chi connectivity index (χ2v) is 7.13. The Bertz CT molecular complexity index is 1200. The van der Waals surface area contributed by atoms with Crippen molar-refractivity contribution in [3.63, 3.8) is 0 Å². The predicted molar refractivity (Wildman–Crippen MR) is 116 cm³/mol. The van der Waals surface area contributed by atoms with Crippen molar-refractivity contribution in [1.29, 1.82) is 0 Å². The summed E-state index contributed by atoms with van der Waals surface area (Å²) in [6.45, 7) is 1.86. The monoisotopic (exact) mass is 417 g/mol. The number of allylic oxidation sites excluding steroid dienone is 2. The molecule has 0 aliphatic heterocycles. The van der Waals surface area contributed by atoms with Crippen LogP contribution in [-0.4, -0.2) is 23.2 Å². The second-order valence-electron chi connectivity index (χ2n) is 7.13. The normalized spacial score (nSPS) is 14.0. The number of nitrogens with zero attached hydrogens (tertiary/aromatic N) is 1. The van der Waals surface area contributed by atoms with E-state index in [4.69, 9.17) is 9.47 Å². The number of benzene rings is 2. The molecule has 1 aromatic heterocycles. The van der Waals surface area contributed by atoms with Crippen LogP contribution in [0.4, 0.5) is 4.39 Å². The minimum absolute atomic E-state index is 0.160. The number of aromatic nitrogens is 1. The Hall–Kier alpha value is -3.93. The Labute approximate surface area is 179 Å². The van der Waals surface area contributed by atoms with Gasteiger partial charge in [-0.3, -0.25) is 4.79 Å². The minimum Gasteiger partial charge on any atom is -0.497 e. The maximum absolute atomic E-state index is 13.8. The molecule has 4 rings (SSSR count). The lowest BCUT2D eigenvalue weighted by molar-refractivity contribution is -0.135. The summed E-state index contributed by atoms with van der Waals surface area (Å²) in [7, 11) is 1.60. The number of methoxy groups -OCH3 is 1. The fraction of sp³-hybridized carbons (Fsp3) is 0.120. The van der Waals surface area contributed by atoms with Crippen LogP contribution in [0.15, 0.2) is 66.4 Å². The van der Waals surface area contributed by atoms with Gasteiger partial charge in [-0.25, -0.2) is 9.37 Å². The topological polar surface area (TPSA) is 68.7 Å². The third kappa shape index (κ3) is 4.33. The molecule has 31 heavy (non-hydrogen) atoms. The SMILES string of the molecule is COc1ccc(Oc2ccc(/C=C3/C(C)=C(CC(=O)O)c4cc(F)ccc43)cn2)cc1. The summed E-state index contributed by atoms with van der Waals surface area (Å²) < 4.78 is 24.7. The second kappa shape index (κ2) is 8.44. The van der Waals surface area contributed by atoms with Crippen LogP contribution >= 0.6 is 0 Å². The lowest BCUT2D eigenvalue weighted by Crippen LogP contribution is -1.97. The standard InChI is InChI=1S/C25H20FNO4/c1-15-21(20-9-4-17(26)12-23(20)22(15)13-25(28)29)11-16-3-10-24(27-14-16)31-19-7-5-18(30-2)6-8-19/h3-12,14H,13H2,1-2H3,(H,28,29)/b21-11-. The summed E-state index contributed by atoms with van der Waals surface area (Å²) >= 11 is 0. The van der Waals surface area contributed by atoms with Gasteiger partial charge >= 0.3 is 5.97 Å². The van der Waals surface area contributed by atoms with Crippen LogP contribution in [0.3, 0.4) is 0 Å².